The first-order valence-electron chi connectivity index (χ1n) is 7.41. The van der Waals surface area contributed by atoms with Gasteiger partial charge in [0.25, 0.3) is 0 Å². The van der Waals surface area contributed by atoms with Gasteiger partial charge < -0.3 is 11.1 Å². The van der Waals surface area contributed by atoms with Gasteiger partial charge in [-0.2, -0.15) is 5.10 Å². The van der Waals surface area contributed by atoms with Crippen molar-refractivity contribution in [2.75, 3.05) is 24.1 Å². The highest BCUT2D eigenvalue weighted by Gasteiger charge is 2.37. The van der Waals surface area contributed by atoms with Crippen LogP contribution in [0, 0.1) is 0 Å². The molecule has 3 rings (SSSR count). The third-order valence-corrected chi connectivity index (χ3v) is 4.59. The highest BCUT2D eigenvalue weighted by molar-refractivity contribution is 5.66. The van der Waals surface area contributed by atoms with E-state index in [9.17, 15) is 0 Å². The first kappa shape index (κ1) is 12.8. The largest absolute Gasteiger partial charge is 0.394 e. The van der Waals surface area contributed by atoms with Gasteiger partial charge in [-0.25, -0.2) is 0 Å². The van der Waals surface area contributed by atoms with Crippen LogP contribution in [0.25, 0.3) is 0 Å². The lowest BCUT2D eigenvalue weighted by molar-refractivity contribution is 0.318. The molecule has 2 fully saturated rings. The topological polar surface area (TPSA) is 59.1 Å². The van der Waals surface area contributed by atoms with Crippen molar-refractivity contribution < 1.29 is 0 Å². The minimum absolute atomic E-state index is 0.369. The van der Waals surface area contributed by atoms with Gasteiger partial charge in [0.2, 0.25) is 0 Å². The highest BCUT2D eigenvalue weighted by atomic mass is 15.3. The van der Waals surface area contributed by atoms with Crippen LogP contribution in [0.15, 0.2) is 0 Å². The summed E-state index contributed by atoms with van der Waals surface area (Å²) in [4.78, 5) is 2.60. The standard InChI is InChI=1S/C14H25N5/c1-9(2)13-12(15)14(18(3)17-13)16-10-6-8-19-7-4-5-11(10)19/h9-11,16H,4-8,15H2,1-3H3. The SMILES string of the molecule is CC(C)c1nn(C)c(NC2CCN3CCCC23)c1N. The molecule has 0 bridgehead atoms. The van der Waals surface area contributed by atoms with E-state index in [0.29, 0.717) is 18.0 Å². The predicted octanol–water partition coefficient (Wildman–Crippen LogP) is 1.77. The van der Waals surface area contributed by atoms with Gasteiger partial charge in [0.15, 0.2) is 0 Å². The molecular weight excluding hydrogens is 238 g/mol. The van der Waals surface area contributed by atoms with E-state index in [1.165, 1.54) is 32.4 Å². The average Bonchev–Trinajstić information content (AvgIpc) is 3.00. The smallest absolute Gasteiger partial charge is 0.148 e. The van der Waals surface area contributed by atoms with E-state index in [2.05, 4.69) is 29.2 Å². The molecule has 3 heterocycles. The van der Waals surface area contributed by atoms with Gasteiger partial charge >= 0.3 is 0 Å². The Labute approximate surface area is 115 Å². The van der Waals surface area contributed by atoms with Gasteiger partial charge in [-0.15, -0.1) is 0 Å². The fourth-order valence-corrected chi connectivity index (χ4v) is 3.59. The molecule has 0 saturated carbocycles. The maximum Gasteiger partial charge on any atom is 0.148 e. The highest BCUT2D eigenvalue weighted by Crippen LogP contribution is 2.33. The summed E-state index contributed by atoms with van der Waals surface area (Å²) in [5.74, 6) is 1.37. The molecule has 1 aromatic heterocycles. The summed E-state index contributed by atoms with van der Waals surface area (Å²) in [7, 11) is 1.98. The third-order valence-electron chi connectivity index (χ3n) is 4.59. The Kier molecular flexibility index (Phi) is 3.17. The van der Waals surface area contributed by atoms with Gasteiger partial charge in [0, 0.05) is 25.7 Å². The Bertz CT molecular complexity index is 465. The number of hydrogen-bond acceptors (Lipinski definition) is 4. The number of nitrogen functional groups attached to an aromatic ring is 1. The van der Waals surface area contributed by atoms with Crippen LogP contribution >= 0.6 is 0 Å². The number of aryl methyl sites for hydroxylation is 1. The first-order chi connectivity index (χ1) is 9.08. The van der Waals surface area contributed by atoms with Crippen molar-refractivity contribution in [3.63, 3.8) is 0 Å². The van der Waals surface area contributed by atoms with E-state index in [1.807, 2.05) is 11.7 Å². The number of fused-ring (bicyclic) bond motifs is 1. The number of nitrogens with zero attached hydrogens (tertiary/aromatic N) is 3. The van der Waals surface area contributed by atoms with Crippen LogP contribution < -0.4 is 11.1 Å². The monoisotopic (exact) mass is 263 g/mol. The zero-order valence-corrected chi connectivity index (χ0v) is 12.2. The molecule has 0 aliphatic carbocycles. The van der Waals surface area contributed by atoms with E-state index in [-0.39, 0.29) is 0 Å². The molecule has 0 radical (unpaired) electrons. The summed E-state index contributed by atoms with van der Waals surface area (Å²) in [6, 6.07) is 1.22. The predicted molar refractivity (Wildman–Crippen MR) is 78.3 cm³/mol. The van der Waals surface area contributed by atoms with Crippen LogP contribution in [0.1, 0.15) is 44.7 Å². The molecule has 1 aromatic rings. The van der Waals surface area contributed by atoms with Crippen molar-refractivity contribution >= 4 is 11.5 Å². The normalized spacial score (nSPS) is 27.2. The van der Waals surface area contributed by atoms with E-state index < -0.39 is 0 Å². The van der Waals surface area contributed by atoms with Crippen LogP contribution in [0.4, 0.5) is 11.5 Å². The molecular formula is C14H25N5. The van der Waals surface area contributed by atoms with E-state index in [1.54, 1.807) is 0 Å². The Hall–Kier alpha value is -1.23. The number of nitrogens with two attached hydrogens (primary N) is 1. The second kappa shape index (κ2) is 4.71. The second-order valence-corrected chi connectivity index (χ2v) is 6.21. The lowest BCUT2D eigenvalue weighted by Gasteiger charge is -2.22. The van der Waals surface area contributed by atoms with E-state index >= 15 is 0 Å². The minimum Gasteiger partial charge on any atom is -0.394 e. The van der Waals surface area contributed by atoms with Gasteiger partial charge in [0.1, 0.15) is 5.82 Å². The molecule has 19 heavy (non-hydrogen) atoms. The van der Waals surface area contributed by atoms with Crippen LogP contribution in [0.2, 0.25) is 0 Å². The number of aromatic nitrogens is 2. The molecule has 2 unspecified atom stereocenters. The van der Waals surface area contributed by atoms with Crippen molar-refractivity contribution in [1.82, 2.24) is 14.7 Å². The molecule has 2 atom stereocenters. The molecule has 2 aliphatic rings. The summed E-state index contributed by atoms with van der Waals surface area (Å²) in [5, 5.41) is 8.21. The number of hydrogen-bond donors (Lipinski definition) is 2. The average molecular weight is 263 g/mol. The summed E-state index contributed by atoms with van der Waals surface area (Å²) < 4.78 is 1.91. The van der Waals surface area contributed by atoms with E-state index in [4.69, 9.17) is 5.73 Å². The lowest BCUT2D eigenvalue weighted by atomic mass is 10.1. The molecule has 106 valence electrons. The Balaban J connectivity index is 1.80. The molecule has 5 heteroatoms. The number of rotatable bonds is 3. The number of nitrogens with one attached hydrogen (secondary N) is 1. The molecule has 0 aromatic carbocycles. The quantitative estimate of drug-likeness (QED) is 0.872. The Morgan fingerprint density at radius 2 is 2.11 bits per heavy atom. The summed E-state index contributed by atoms with van der Waals surface area (Å²) in [6.45, 7) is 6.76. The second-order valence-electron chi connectivity index (χ2n) is 6.21. The first-order valence-corrected chi connectivity index (χ1v) is 7.41. The zero-order chi connectivity index (χ0) is 13.6. The van der Waals surface area contributed by atoms with Gasteiger partial charge in [-0.05, 0) is 31.7 Å². The van der Waals surface area contributed by atoms with Crippen molar-refractivity contribution in [3.8, 4) is 0 Å². The van der Waals surface area contributed by atoms with Gasteiger partial charge in [-0.1, -0.05) is 13.8 Å². The summed E-state index contributed by atoms with van der Waals surface area (Å²) in [6.07, 6.45) is 3.86. The Morgan fingerprint density at radius 1 is 1.32 bits per heavy atom. The van der Waals surface area contributed by atoms with Crippen LogP contribution in [-0.4, -0.2) is 39.9 Å². The molecule has 0 amide bonds. The van der Waals surface area contributed by atoms with Crippen molar-refractivity contribution in [2.24, 2.45) is 7.05 Å². The maximum absolute atomic E-state index is 6.26. The van der Waals surface area contributed by atoms with Crippen LogP contribution in [0.5, 0.6) is 0 Å². The Morgan fingerprint density at radius 3 is 2.79 bits per heavy atom. The molecule has 0 spiro atoms. The van der Waals surface area contributed by atoms with Crippen molar-refractivity contribution in [3.05, 3.63) is 5.69 Å². The molecule has 2 aliphatic heterocycles. The summed E-state index contributed by atoms with van der Waals surface area (Å²) >= 11 is 0. The van der Waals surface area contributed by atoms with Crippen molar-refractivity contribution in [2.45, 2.75) is 51.1 Å². The fourth-order valence-electron chi connectivity index (χ4n) is 3.59. The molecule has 3 N–H and O–H groups in total. The number of anilines is 2. The minimum atomic E-state index is 0.369. The zero-order valence-electron chi connectivity index (χ0n) is 12.2. The molecule has 5 nitrogen and oxygen atoms in total. The van der Waals surface area contributed by atoms with Crippen LogP contribution in [-0.2, 0) is 7.05 Å². The maximum atomic E-state index is 6.26. The molecule has 2 saturated heterocycles. The van der Waals surface area contributed by atoms with Crippen molar-refractivity contribution in [1.29, 1.82) is 0 Å². The van der Waals surface area contributed by atoms with Crippen LogP contribution in [0.3, 0.4) is 0 Å². The van der Waals surface area contributed by atoms with Gasteiger partial charge in [0.05, 0.1) is 11.4 Å². The van der Waals surface area contributed by atoms with E-state index in [0.717, 1.165) is 17.2 Å². The third kappa shape index (κ3) is 2.10. The summed E-state index contributed by atoms with van der Waals surface area (Å²) in [5.41, 5.74) is 8.09. The van der Waals surface area contributed by atoms with Gasteiger partial charge in [-0.3, -0.25) is 9.58 Å². The fraction of sp³-hybridized carbons (Fsp3) is 0.786. The lowest BCUT2D eigenvalue weighted by Crippen LogP contribution is -2.34.